The zero-order valence-electron chi connectivity index (χ0n) is 16.0. The number of hydrogen-bond donors (Lipinski definition) is 1. The molecule has 2 fully saturated rings. The molecule has 1 aromatic rings. The third-order valence-electron chi connectivity index (χ3n) is 4.91. The lowest BCUT2D eigenvalue weighted by molar-refractivity contribution is -0.138. The fourth-order valence-electron chi connectivity index (χ4n) is 3.40. The predicted octanol–water partition coefficient (Wildman–Crippen LogP) is 3.23. The van der Waals surface area contributed by atoms with Crippen LogP contribution in [0.15, 0.2) is 23.1 Å². The summed E-state index contributed by atoms with van der Waals surface area (Å²) in [5, 5.41) is 9.82. The Morgan fingerprint density at radius 2 is 2.14 bits per heavy atom. The van der Waals surface area contributed by atoms with Crippen molar-refractivity contribution < 1.29 is 24.2 Å². The molecule has 0 radical (unpaired) electrons. The number of ether oxygens (including phenoxy) is 1. The molecular weight excluding hydrogens is 380 g/mol. The highest BCUT2D eigenvalue weighted by atomic mass is 32.2. The quantitative estimate of drug-likeness (QED) is 0.758. The summed E-state index contributed by atoms with van der Waals surface area (Å²) in [6.07, 6.45) is 4.41. The molecule has 1 atom stereocenters. The third kappa shape index (κ3) is 4.16. The van der Waals surface area contributed by atoms with E-state index in [1.54, 1.807) is 30.0 Å². The first kappa shape index (κ1) is 20.3. The van der Waals surface area contributed by atoms with Gasteiger partial charge in [-0.1, -0.05) is 12.1 Å². The van der Waals surface area contributed by atoms with Crippen LogP contribution in [0.1, 0.15) is 38.7 Å². The topological polar surface area (TPSA) is 87.2 Å². The smallest absolute Gasteiger partial charge is 0.294 e. The van der Waals surface area contributed by atoms with Crippen LogP contribution in [0.2, 0.25) is 0 Å². The van der Waals surface area contributed by atoms with Gasteiger partial charge in [0.15, 0.2) is 11.5 Å². The molecule has 1 N–H and O–H groups in total. The van der Waals surface area contributed by atoms with Gasteiger partial charge in [-0.3, -0.25) is 19.3 Å². The second kappa shape index (κ2) is 8.68. The number of amides is 3. The molecule has 0 aliphatic carbocycles. The molecule has 0 saturated carbocycles. The van der Waals surface area contributed by atoms with Gasteiger partial charge in [0.2, 0.25) is 5.91 Å². The lowest BCUT2D eigenvalue weighted by atomic mass is 10.0. The van der Waals surface area contributed by atoms with Crippen LogP contribution in [-0.2, 0) is 9.59 Å². The Bertz CT molecular complexity index is 823. The summed E-state index contributed by atoms with van der Waals surface area (Å²) >= 11 is 0.770. The van der Waals surface area contributed by atoms with Crippen molar-refractivity contribution >= 4 is 34.9 Å². The normalized spacial score (nSPS) is 21.5. The maximum Gasteiger partial charge on any atom is 0.294 e. The third-order valence-corrected chi connectivity index (χ3v) is 5.81. The van der Waals surface area contributed by atoms with Gasteiger partial charge in [-0.2, -0.15) is 0 Å². The first-order chi connectivity index (χ1) is 13.4. The van der Waals surface area contributed by atoms with Crippen molar-refractivity contribution in [1.29, 1.82) is 0 Å². The van der Waals surface area contributed by atoms with Crippen LogP contribution in [0.5, 0.6) is 11.5 Å². The molecule has 2 heterocycles. The Balaban J connectivity index is 1.75. The second-order valence-electron chi connectivity index (χ2n) is 6.83. The Kier molecular flexibility index (Phi) is 6.28. The van der Waals surface area contributed by atoms with Gasteiger partial charge in [0.25, 0.3) is 11.1 Å². The van der Waals surface area contributed by atoms with Crippen molar-refractivity contribution in [1.82, 2.24) is 9.80 Å². The fraction of sp³-hybridized carbons (Fsp3) is 0.450. The molecule has 0 spiro atoms. The minimum atomic E-state index is -0.519. The van der Waals surface area contributed by atoms with Crippen LogP contribution in [0.4, 0.5) is 4.79 Å². The number of para-hydroxylation sites is 1. The summed E-state index contributed by atoms with van der Waals surface area (Å²) in [6.45, 7) is 4.59. The van der Waals surface area contributed by atoms with E-state index in [9.17, 15) is 19.5 Å². The van der Waals surface area contributed by atoms with Gasteiger partial charge in [-0.25, -0.2) is 0 Å². The molecule has 0 aromatic heterocycles. The van der Waals surface area contributed by atoms with Crippen molar-refractivity contribution in [2.45, 2.75) is 39.2 Å². The molecule has 28 heavy (non-hydrogen) atoms. The van der Waals surface area contributed by atoms with E-state index in [-0.39, 0.29) is 29.1 Å². The number of aromatic hydroxyl groups is 1. The maximum atomic E-state index is 12.7. The van der Waals surface area contributed by atoms with E-state index in [2.05, 4.69) is 0 Å². The van der Waals surface area contributed by atoms with E-state index in [0.717, 1.165) is 35.9 Å². The van der Waals surface area contributed by atoms with Crippen molar-refractivity contribution in [2.24, 2.45) is 0 Å². The molecule has 0 bridgehead atoms. The zero-order chi connectivity index (χ0) is 20.3. The van der Waals surface area contributed by atoms with Crippen LogP contribution >= 0.6 is 11.8 Å². The SMILES string of the molecule is CCOc1cccc(/C=C2\SC(=O)N(CC(=O)N3CCCC[C@H]3C)C2=O)c1O. The van der Waals surface area contributed by atoms with Crippen LogP contribution in [0.3, 0.4) is 0 Å². The summed E-state index contributed by atoms with van der Waals surface area (Å²) in [4.78, 5) is 40.5. The van der Waals surface area contributed by atoms with Gasteiger partial charge >= 0.3 is 0 Å². The van der Waals surface area contributed by atoms with Crippen LogP contribution in [0.25, 0.3) is 6.08 Å². The number of rotatable bonds is 5. The number of piperidine rings is 1. The molecule has 3 rings (SSSR count). The lowest BCUT2D eigenvalue weighted by Crippen LogP contribution is -2.47. The highest BCUT2D eigenvalue weighted by Gasteiger charge is 2.38. The van der Waals surface area contributed by atoms with E-state index in [4.69, 9.17) is 4.74 Å². The van der Waals surface area contributed by atoms with E-state index < -0.39 is 11.1 Å². The van der Waals surface area contributed by atoms with Gasteiger partial charge in [-0.15, -0.1) is 0 Å². The molecule has 7 nitrogen and oxygen atoms in total. The highest BCUT2D eigenvalue weighted by molar-refractivity contribution is 8.18. The van der Waals surface area contributed by atoms with E-state index in [1.165, 1.54) is 6.08 Å². The first-order valence-electron chi connectivity index (χ1n) is 9.42. The second-order valence-corrected chi connectivity index (χ2v) is 7.82. The lowest BCUT2D eigenvalue weighted by Gasteiger charge is -2.34. The number of imide groups is 1. The van der Waals surface area contributed by atoms with Gasteiger partial charge in [0, 0.05) is 18.2 Å². The summed E-state index contributed by atoms with van der Waals surface area (Å²) in [6, 6.07) is 5.07. The molecule has 8 heteroatoms. The molecule has 1 aromatic carbocycles. The van der Waals surface area contributed by atoms with E-state index in [0.29, 0.717) is 24.5 Å². The number of carbonyl (C=O) groups is 3. The number of nitrogens with zero attached hydrogens (tertiary/aromatic N) is 2. The minimum Gasteiger partial charge on any atom is -0.504 e. The number of phenolic OH excluding ortho intramolecular Hbond substituents is 1. The van der Waals surface area contributed by atoms with Crippen LogP contribution < -0.4 is 4.74 Å². The molecule has 0 unspecified atom stereocenters. The number of benzene rings is 1. The molecule has 2 aliphatic rings. The monoisotopic (exact) mass is 404 g/mol. The van der Waals surface area contributed by atoms with Gasteiger partial charge in [-0.05, 0) is 57.0 Å². The number of phenols is 1. The van der Waals surface area contributed by atoms with Crippen molar-refractivity contribution in [3.8, 4) is 11.5 Å². The summed E-state index contributed by atoms with van der Waals surface area (Å²) < 4.78 is 5.34. The van der Waals surface area contributed by atoms with Gasteiger partial charge in [0.05, 0.1) is 11.5 Å². The van der Waals surface area contributed by atoms with Gasteiger partial charge < -0.3 is 14.7 Å². The van der Waals surface area contributed by atoms with Crippen molar-refractivity contribution in [3.05, 3.63) is 28.7 Å². The maximum absolute atomic E-state index is 12.7. The zero-order valence-corrected chi connectivity index (χ0v) is 16.8. The van der Waals surface area contributed by atoms with Crippen molar-refractivity contribution in [3.63, 3.8) is 0 Å². The number of hydrogen-bond acceptors (Lipinski definition) is 6. The Hall–Kier alpha value is -2.48. The number of likely N-dealkylation sites (tertiary alicyclic amines) is 1. The fourth-order valence-corrected chi connectivity index (χ4v) is 4.23. The van der Waals surface area contributed by atoms with Crippen LogP contribution in [0, 0.1) is 0 Å². The Labute approximate surface area is 168 Å². The summed E-state index contributed by atoms with van der Waals surface area (Å²) in [7, 11) is 0. The average molecular weight is 404 g/mol. The van der Waals surface area contributed by atoms with E-state index in [1.807, 2.05) is 6.92 Å². The number of thioether (sulfide) groups is 1. The van der Waals surface area contributed by atoms with Gasteiger partial charge in [0.1, 0.15) is 6.54 Å². The highest BCUT2D eigenvalue weighted by Crippen LogP contribution is 2.36. The molecule has 2 saturated heterocycles. The molecule has 3 amide bonds. The summed E-state index contributed by atoms with van der Waals surface area (Å²) in [5.41, 5.74) is 0.382. The van der Waals surface area contributed by atoms with Crippen LogP contribution in [-0.4, -0.2) is 57.7 Å². The average Bonchev–Trinajstić information content (AvgIpc) is 2.93. The Morgan fingerprint density at radius 1 is 1.36 bits per heavy atom. The molecule has 2 aliphatic heterocycles. The number of carbonyl (C=O) groups excluding carboxylic acids is 3. The predicted molar refractivity (Wildman–Crippen MR) is 107 cm³/mol. The van der Waals surface area contributed by atoms with E-state index >= 15 is 0 Å². The van der Waals surface area contributed by atoms with Crippen molar-refractivity contribution in [2.75, 3.05) is 19.7 Å². The first-order valence-corrected chi connectivity index (χ1v) is 10.2. The molecular formula is C20H24N2O5S. The largest absolute Gasteiger partial charge is 0.504 e. The molecule has 150 valence electrons. The minimum absolute atomic E-state index is 0.0885. The Morgan fingerprint density at radius 3 is 2.86 bits per heavy atom. The summed E-state index contributed by atoms with van der Waals surface area (Å²) in [5.74, 6) is -0.509. The standard InChI is InChI=1S/C20H24N2O5S/c1-3-27-15-9-6-8-14(18(15)24)11-16-19(25)22(20(26)28-16)12-17(23)21-10-5-4-7-13(21)2/h6,8-9,11,13,24H,3-5,7,10,12H2,1-2H3/b16-11-/t13-/m1/s1.